The summed E-state index contributed by atoms with van der Waals surface area (Å²) in [7, 11) is 0. The van der Waals surface area contributed by atoms with E-state index in [4.69, 9.17) is 4.42 Å². The number of nitrogens with zero attached hydrogens (tertiary/aromatic N) is 1. The van der Waals surface area contributed by atoms with Gasteiger partial charge in [0.1, 0.15) is 5.76 Å². The van der Waals surface area contributed by atoms with Crippen molar-refractivity contribution in [2.75, 3.05) is 0 Å². The van der Waals surface area contributed by atoms with E-state index in [0.717, 1.165) is 0 Å². The minimum atomic E-state index is -0.668. The molecule has 0 radical (unpaired) electrons. The molecule has 3 nitrogen and oxygen atoms in total. The van der Waals surface area contributed by atoms with Crippen molar-refractivity contribution in [1.29, 1.82) is 0 Å². The summed E-state index contributed by atoms with van der Waals surface area (Å²) in [4.78, 5) is 6.43. The van der Waals surface area contributed by atoms with E-state index < -0.39 is 12.0 Å². The van der Waals surface area contributed by atoms with Gasteiger partial charge >= 0.3 is 0 Å². The summed E-state index contributed by atoms with van der Waals surface area (Å²) in [6.07, 6.45) is 3.01. The van der Waals surface area contributed by atoms with Crippen molar-refractivity contribution in [2.45, 2.75) is 0 Å². The molecule has 5 heteroatoms. The number of hydrogen-bond acceptors (Lipinski definition) is 2. The van der Waals surface area contributed by atoms with E-state index in [-0.39, 0.29) is 0 Å². The van der Waals surface area contributed by atoms with Gasteiger partial charge in [-0.25, -0.2) is 4.98 Å². The minimum absolute atomic E-state index is 0.356. The van der Waals surface area contributed by atoms with Gasteiger partial charge < -0.3 is 9.40 Å². The smallest absolute Gasteiger partial charge is 0.278 e. The lowest BCUT2D eigenvalue weighted by atomic mass is 10.2. The molecule has 0 saturated carbocycles. The van der Waals surface area contributed by atoms with E-state index in [1.54, 1.807) is 6.20 Å². The first-order valence-electron chi connectivity index (χ1n) is 4.62. The van der Waals surface area contributed by atoms with Gasteiger partial charge in [0.05, 0.1) is 11.7 Å². The van der Waals surface area contributed by atoms with Crippen molar-refractivity contribution in [1.82, 2.24) is 9.97 Å². The summed E-state index contributed by atoms with van der Waals surface area (Å²) in [5, 5.41) is 0.613. The monoisotopic (exact) mass is 220 g/mol. The van der Waals surface area contributed by atoms with Gasteiger partial charge in [-0.1, -0.05) is 0 Å². The molecule has 0 spiro atoms. The van der Waals surface area contributed by atoms with E-state index in [1.807, 2.05) is 0 Å². The minimum Gasteiger partial charge on any atom is -0.431 e. The number of furan rings is 1. The molecule has 16 heavy (non-hydrogen) atoms. The summed E-state index contributed by atoms with van der Waals surface area (Å²) in [5.41, 5.74) is 1.29. The maximum absolute atomic E-state index is 13.0. The van der Waals surface area contributed by atoms with E-state index in [2.05, 4.69) is 9.97 Å². The second-order valence-electron chi connectivity index (χ2n) is 3.36. The Hall–Kier alpha value is -2.17. The Kier molecular flexibility index (Phi) is 1.80. The first-order valence-corrected chi connectivity index (χ1v) is 4.62. The van der Waals surface area contributed by atoms with Crippen LogP contribution in [0.3, 0.4) is 0 Å². The molecular formula is C11H6F2N2O. The second kappa shape index (κ2) is 3.16. The van der Waals surface area contributed by atoms with Crippen LogP contribution in [-0.4, -0.2) is 9.97 Å². The second-order valence-corrected chi connectivity index (χ2v) is 3.36. The SMILES string of the molecule is Fc1cc2c(-c3ccc(F)o3)c[nH]c2cn1. The molecule has 0 saturated heterocycles. The number of pyridine rings is 1. The van der Waals surface area contributed by atoms with Crippen LogP contribution in [0.1, 0.15) is 0 Å². The predicted octanol–water partition coefficient (Wildman–Crippen LogP) is 3.10. The van der Waals surface area contributed by atoms with E-state index in [9.17, 15) is 8.78 Å². The number of hydrogen-bond donors (Lipinski definition) is 1. The Bertz CT molecular complexity index is 657. The molecule has 0 atom stereocenters. The number of fused-ring (bicyclic) bond motifs is 1. The van der Waals surface area contributed by atoms with Crippen LogP contribution in [0.15, 0.2) is 35.0 Å². The molecule has 0 unspecified atom stereocenters. The summed E-state index contributed by atoms with van der Waals surface area (Å²) in [6.45, 7) is 0. The van der Waals surface area contributed by atoms with Crippen LogP contribution in [0.2, 0.25) is 0 Å². The van der Waals surface area contributed by atoms with Crippen LogP contribution >= 0.6 is 0 Å². The maximum Gasteiger partial charge on any atom is 0.278 e. The third-order valence-corrected chi connectivity index (χ3v) is 2.37. The van der Waals surface area contributed by atoms with Gasteiger partial charge in [-0.05, 0) is 6.07 Å². The Morgan fingerprint density at radius 2 is 2.12 bits per heavy atom. The topological polar surface area (TPSA) is 41.8 Å². The number of aromatic nitrogens is 2. The fourth-order valence-corrected chi connectivity index (χ4v) is 1.66. The lowest BCUT2D eigenvalue weighted by Crippen LogP contribution is -1.80. The highest BCUT2D eigenvalue weighted by Crippen LogP contribution is 2.29. The molecule has 0 fully saturated rings. The molecule has 3 heterocycles. The number of H-pyrrole nitrogens is 1. The molecule has 3 rings (SSSR count). The highest BCUT2D eigenvalue weighted by molar-refractivity contribution is 5.93. The summed E-state index contributed by atoms with van der Waals surface area (Å²) in [6, 6.07) is 3.32. The Balaban J connectivity index is 2.27. The molecule has 0 bridgehead atoms. The van der Waals surface area contributed by atoms with E-state index in [0.29, 0.717) is 22.2 Å². The fourth-order valence-electron chi connectivity index (χ4n) is 1.66. The summed E-state index contributed by atoms with van der Waals surface area (Å²) >= 11 is 0. The zero-order valence-corrected chi connectivity index (χ0v) is 8.00. The molecule has 0 aliphatic heterocycles. The van der Waals surface area contributed by atoms with E-state index in [1.165, 1.54) is 24.4 Å². The molecular weight excluding hydrogens is 214 g/mol. The van der Waals surface area contributed by atoms with Gasteiger partial charge in [-0.15, -0.1) is 0 Å². The van der Waals surface area contributed by atoms with Crippen molar-refractivity contribution < 1.29 is 13.2 Å². The van der Waals surface area contributed by atoms with Gasteiger partial charge in [-0.3, -0.25) is 0 Å². The normalized spacial score (nSPS) is 11.1. The maximum atomic E-state index is 13.0. The average Bonchev–Trinajstić information content (AvgIpc) is 2.83. The quantitative estimate of drug-likeness (QED) is 0.640. The summed E-state index contributed by atoms with van der Waals surface area (Å²) < 4.78 is 30.6. The van der Waals surface area contributed by atoms with Crippen LogP contribution < -0.4 is 0 Å². The molecule has 1 N–H and O–H groups in total. The molecule has 3 aromatic rings. The van der Waals surface area contributed by atoms with Crippen LogP contribution in [0.25, 0.3) is 22.2 Å². The van der Waals surface area contributed by atoms with Crippen molar-refractivity contribution in [2.24, 2.45) is 0 Å². The zero-order valence-electron chi connectivity index (χ0n) is 8.00. The van der Waals surface area contributed by atoms with E-state index >= 15 is 0 Å². The first kappa shape index (κ1) is 9.08. The Labute approximate surface area is 88.7 Å². The standard InChI is InChI=1S/C11H6F2N2O/c12-10-3-6-7(4-14-8(6)5-15-10)9-1-2-11(13)16-9/h1-5,14H. The van der Waals surface area contributed by atoms with Crippen LogP contribution in [0.4, 0.5) is 8.78 Å². The van der Waals surface area contributed by atoms with Crippen molar-refractivity contribution in [3.05, 3.63) is 42.6 Å². The van der Waals surface area contributed by atoms with Crippen molar-refractivity contribution in [3.8, 4) is 11.3 Å². The number of halogens is 2. The Morgan fingerprint density at radius 3 is 2.88 bits per heavy atom. The van der Waals surface area contributed by atoms with Crippen molar-refractivity contribution >= 4 is 10.9 Å². The van der Waals surface area contributed by atoms with Crippen molar-refractivity contribution in [3.63, 3.8) is 0 Å². The fraction of sp³-hybridized carbons (Fsp3) is 0. The number of rotatable bonds is 1. The third-order valence-electron chi connectivity index (χ3n) is 2.37. The van der Waals surface area contributed by atoms with Crippen LogP contribution in [0.5, 0.6) is 0 Å². The average molecular weight is 220 g/mol. The summed E-state index contributed by atoms with van der Waals surface area (Å²) in [5.74, 6) is -0.227. The highest BCUT2D eigenvalue weighted by Gasteiger charge is 2.11. The lowest BCUT2D eigenvalue weighted by molar-refractivity contribution is 0.367. The predicted molar refractivity (Wildman–Crippen MR) is 53.7 cm³/mol. The number of nitrogens with one attached hydrogen (secondary N) is 1. The molecule has 0 amide bonds. The van der Waals surface area contributed by atoms with Gasteiger partial charge in [-0.2, -0.15) is 8.78 Å². The van der Waals surface area contributed by atoms with Gasteiger partial charge in [0.25, 0.3) is 6.01 Å². The largest absolute Gasteiger partial charge is 0.431 e. The zero-order chi connectivity index (χ0) is 11.1. The first-order chi connectivity index (χ1) is 7.74. The van der Waals surface area contributed by atoms with Crippen LogP contribution in [-0.2, 0) is 0 Å². The van der Waals surface area contributed by atoms with Crippen LogP contribution in [0, 0.1) is 12.0 Å². The molecule has 0 aliphatic carbocycles. The number of aromatic amines is 1. The van der Waals surface area contributed by atoms with Gasteiger partial charge in [0.2, 0.25) is 5.95 Å². The van der Waals surface area contributed by atoms with Gasteiger partial charge in [0, 0.05) is 29.3 Å². The molecule has 0 aliphatic rings. The third kappa shape index (κ3) is 1.29. The lowest BCUT2D eigenvalue weighted by Gasteiger charge is -1.93. The molecule has 0 aromatic carbocycles. The van der Waals surface area contributed by atoms with Gasteiger partial charge in [0.15, 0.2) is 0 Å². The highest BCUT2D eigenvalue weighted by atomic mass is 19.1. The molecule has 3 aromatic heterocycles. The molecule has 80 valence electrons. The Morgan fingerprint density at radius 1 is 1.25 bits per heavy atom.